The average molecular weight is 456 g/mol. The highest BCUT2D eigenvalue weighted by molar-refractivity contribution is 7.92. The number of rotatable bonds is 6. The standard InChI is InChI=1S/C19H15F3N2O6S/c1-28-15-6-3-11(18(25)29-2)7-17(15)31(26,27)24-14-8-12(19(20,21)22)4-5-13(14)16-9-23-10-30-16/h3-10,24H,1-2H3. The number of esters is 1. The number of methoxy groups -OCH3 is 2. The van der Waals surface area contributed by atoms with Crippen LogP contribution in [0.5, 0.6) is 5.75 Å². The average Bonchev–Trinajstić information content (AvgIpc) is 3.26. The van der Waals surface area contributed by atoms with Crippen molar-refractivity contribution in [3.05, 3.63) is 60.1 Å². The molecule has 31 heavy (non-hydrogen) atoms. The molecule has 0 saturated carbocycles. The summed E-state index contributed by atoms with van der Waals surface area (Å²) in [6, 6.07) is 5.98. The number of sulfonamides is 1. The summed E-state index contributed by atoms with van der Waals surface area (Å²) in [5, 5.41) is 0. The van der Waals surface area contributed by atoms with Crippen LogP contribution in [0.15, 0.2) is 58.3 Å². The van der Waals surface area contributed by atoms with Gasteiger partial charge in [0.15, 0.2) is 12.2 Å². The lowest BCUT2D eigenvalue weighted by molar-refractivity contribution is -0.137. The van der Waals surface area contributed by atoms with Gasteiger partial charge in [0.1, 0.15) is 10.6 Å². The minimum Gasteiger partial charge on any atom is -0.495 e. The van der Waals surface area contributed by atoms with Gasteiger partial charge < -0.3 is 13.9 Å². The number of aromatic nitrogens is 1. The molecular weight excluding hydrogens is 441 g/mol. The van der Waals surface area contributed by atoms with E-state index < -0.39 is 38.3 Å². The van der Waals surface area contributed by atoms with E-state index in [2.05, 4.69) is 14.4 Å². The molecule has 1 aromatic heterocycles. The lowest BCUT2D eigenvalue weighted by Gasteiger charge is -2.16. The summed E-state index contributed by atoms with van der Waals surface area (Å²) in [7, 11) is -2.19. The first-order valence-electron chi connectivity index (χ1n) is 8.46. The normalized spacial score (nSPS) is 11.8. The van der Waals surface area contributed by atoms with Gasteiger partial charge in [0.25, 0.3) is 10.0 Å². The molecule has 1 N–H and O–H groups in total. The number of halogens is 3. The molecule has 0 bridgehead atoms. The molecule has 0 aliphatic heterocycles. The highest BCUT2D eigenvalue weighted by Crippen LogP contribution is 2.37. The van der Waals surface area contributed by atoms with Crippen LogP contribution in [0.3, 0.4) is 0 Å². The van der Waals surface area contributed by atoms with Crippen molar-refractivity contribution in [1.82, 2.24) is 4.98 Å². The third kappa shape index (κ3) is 4.63. The molecule has 0 fully saturated rings. The first kappa shape index (κ1) is 22.2. The zero-order valence-corrected chi connectivity index (χ0v) is 16.9. The zero-order valence-electron chi connectivity index (χ0n) is 16.1. The SMILES string of the molecule is COC(=O)c1ccc(OC)c(S(=O)(=O)Nc2cc(C(F)(F)F)ccc2-c2cnco2)c1. The molecule has 0 spiro atoms. The number of hydrogen-bond acceptors (Lipinski definition) is 7. The van der Waals surface area contributed by atoms with E-state index in [0.29, 0.717) is 6.07 Å². The van der Waals surface area contributed by atoms with Crippen molar-refractivity contribution in [1.29, 1.82) is 0 Å². The lowest BCUT2D eigenvalue weighted by atomic mass is 10.1. The largest absolute Gasteiger partial charge is 0.495 e. The number of anilines is 1. The Morgan fingerprint density at radius 2 is 1.87 bits per heavy atom. The molecular formula is C19H15F3N2O6S. The monoisotopic (exact) mass is 456 g/mol. The smallest absolute Gasteiger partial charge is 0.416 e. The number of ether oxygens (including phenoxy) is 2. The molecule has 3 rings (SSSR count). The lowest BCUT2D eigenvalue weighted by Crippen LogP contribution is -2.17. The van der Waals surface area contributed by atoms with E-state index in [-0.39, 0.29) is 22.6 Å². The molecule has 0 unspecified atom stereocenters. The van der Waals surface area contributed by atoms with E-state index >= 15 is 0 Å². The maximum Gasteiger partial charge on any atom is 0.416 e. The van der Waals surface area contributed by atoms with Gasteiger partial charge in [-0.25, -0.2) is 18.2 Å². The van der Waals surface area contributed by atoms with Crippen LogP contribution in [0.25, 0.3) is 11.3 Å². The van der Waals surface area contributed by atoms with Crippen molar-refractivity contribution >= 4 is 21.7 Å². The van der Waals surface area contributed by atoms with Gasteiger partial charge in [0.2, 0.25) is 0 Å². The van der Waals surface area contributed by atoms with Crippen LogP contribution in [0.1, 0.15) is 15.9 Å². The number of nitrogens with one attached hydrogen (secondary N) is 1. The second-order valence-corrected chi connectivity index (χ2v) is 7.74. The van der Waals surface area contributed by atoms with Gasteiger partial charge in [0.05, 0.1) is 37.2 Å². The molecule has 1 heterocycles. The Bertz CT molecular complexity index is 1210. The minimum atomic E-state index is -4.72. The predicted molar refractivity (Wildman–Crippen MR) is 102 cm³/mol. The number of carbonyl (C=O) groups excluding carboxylic acids is 1. The predicted octanol–water partition coefficient (Wildman–Crippen LogP) is 3.96. The zero-order chi connectivity index (χ0) is 22.8. The van der Waals surface area contributed by atoms with Crippen LogP contribution in [0, 0.1) is 0 Å². The van der Waals surface area contributed by atoms with Crippen LogP contribution in [-0.4, -0.2) is 33.6 Å². The Balaban J connectivity index is 2.14. The summed E-state index contributed by atoms with van der Waals surface area (Å²) in [5.74, 6) is -0.893. The molecule has 0 saturated heterocycles. The molecule has 0 atom stereocenters. The molecule has 0 aliphatic carbocycles. The van der Waals surface area contributed by atoms with Crippen LogP contribution >= 0.6 is 0 Å². The Hall–Kier alpha value is -3.54. The van der Waals surface area contributed by atoms with Gasteiger partial charge >= 0.3 is 12.1 Å². The highest BCUT2D eigenvalue weighted by Gasteiger charge is 2.32. The van der Waals surface area contributed by atoms with E-state index in [1.54, 1.807) is 0 Å². The fraction of sp³-hybridized carbons (Fsp3) is 0.158. The topological polar surface area (TPSA) is 108 Å². The van der Waals surface area contributed by atoms with Crippen LogP contribution in [-0.2, 0) is 20.9 Å². The summed E-state index contributed by atoms with van der Waals surface area (Å²) in [5.41, 5.74) is -1.55. The van der Waals surface area contributed by atoms with E-state index in [1.807, 2.05) is 0 Å². The molecule has 2 aromatic carbocycles. The fourth-order valence-corrected chi connectivity index (χ4v) is 3.97. The molecule has 8 nitrogen and oxygen atoms in total. The van der Waals surface area contributed by atoms with Crippen LogP contribution in [0.4, 0.5) is 18.9 Å². The molecule has 0 aliphatic rings. The van der Waals surface area contributed by atoms with Crippen molar-refractivity contribution in [3.8, 4) is 17.1 Å². The second kappa shape index (κ2) is 8.30. The summed E-state index contributed by atoms with van der Waals surface area (Å²) < 4.78 is 82.6. The molecule has 164 valence electrons. The van der Waals surface area contributed by atoms with Gasteiger partial charge in [-0.15, -0.1) is 0 Å². The van der Waals surface area contributed by atoms with Crippen molar-refractivity contribution in [2.75, 3.05) is 18.9 Å². The Morgan fingerprint density at radius 1 is 1.13 bits per heavy atom. The maximum atomic E-state index is 13.2. The van der Waals surface area contributed by atoms with Crippen LogP contribution in [0.2, 0.25) is 0 Å². The van der Waals surface area contributed by atoms with Gasteiger partial charge in [0, 0.05) is 5.56 Å². The van der Waals surface area contributed by atoms with E-state index in [4.69, 9.17) is 9.15 Å². The van der Waals surface area contributed by atoms with Crippen molar-refractivity contribution in [2.24, 2.45) is 0 Å². The number of carbonyl (C=O) groups is 1. The van der Waals surface area contributed by atoms with Gasteiger partial charge in [-0.2, -0.15) is 13.2 Å². The number of hydrogen-bond donors (Lipinski definition) is 1. The maximum absolute atomic E-state index is 13.2. The van der Waals surface area contributed by atoms with E-state index in [1.165, 1.54) is 25.4 Å². The summed E-state index contributed by atoms with van der Waals surface area (Å²) >= 11 is 0. The second-order valence-electron chi connectivity index (χ2n) is 6.09. The van der Waals surface area contributed by atoms with Crippen LogP contribution < -0.4 is 9.46 Å². The third-order valence-corrected chi connectivity index (χ3v) is 5.55. The number of oxazole rings is 1. The third-order valence-electron chi connectivity index (χ3n) is 4.16. The van der Waals surface area contributed by atoms with E-state index in [9.17, 15) is 26.4 Å². The number of benzene rings is 2. The molecule has 3 aromatic rings. The Labute approximate surface area is 174 Å². The van der Waals surface area contributed by atoms with Crippen molar-refractivity contribution < 1.29 is 40.3 Å². The Morgan fingerprint density at radius 3 is 2.45 bits per heavy atom. The van der Waals surface area contributed by atoms with Gasteiger partial charge in [-0.05, 0) is 36.4 Å². The quantitative estimate of drug-likeness (QED) is 0.560. The number of alkyl halides is 3. The fourth-order valence-electron chi connectivity index (χ4n) is 2.70. The highest BCUT2D eigenvalue weighted by atomic mass is 32.2. The Kier molecular flexibility index (Phi) is 5.93. The van der Waals surface area contributed by atoms with Crippen molar-refractivity contribution in [3.63, 3.8) is 0 Å². The van der Waals surface area contributed by atoms with E-state index in [0.717, 1.165) is 31.7 Å². The first-order chi connectivity index (χ1) is 14.6. The van der Waals surface area contributed by atoms with Gasteiger partial charge in [-0.1, -0.05) is 0 Å². The molecule has 0 radical (unpaired) electrons. The van der Waals surface area contributed by atoms with Crippen molar-refractivity contribution in [2.45, 2.75) is 11.1 Å². The van der Waals surface area contributed by atoms with Gasteiger partial charge in [-0.3, -0.25) is 4.72 Å². The summed E-state index contributed by atoms with van der Waals surface area (Å²) in [6.45, 7) is 0. The number of nitrogens with zero attached hydrogens (tertiary/aromatic N) is 1. The molecule has 0 amide bonds. The summed E-state index contributed by atoms with van der Waals surface area (Å²) in [4.78, 5) is 15.0. The first-order valence-corrected chi connectivity index (χ1v) is 9.94. The minimum absolute atomic E-state index is 0.0252. The molecule has 12 heteroatoms. The summed E-state index contributed by atoms with van der Waals surface area (Å²) in [6.07, 6.45) is -2.45.